The first-order valence-corrected chi connectivity index (χ1v) is 4.51. The molecular formula is C12H9NO2. The maximum Gasteiger partial charge on any atom is 0.165 e. The lowest BCUT2D eigenvalue weighted by Crippen LogP contribution is -1.92. The van der Waals surface area contributed by atoms with Crippen LogP contribution >= 0.6 is 0 Å². The highest BCUT2D eigenvalue weighted by molar-refractivity contribution is 5.62. The van der Waals surface area contributed by atoms with E-state index in [1.54, 1.807) is 30.7 Å². The van der Waals surface area contributed by atoms with Crippen LogP contribution in [-0.2, 0) is 0 Å². The highest BCUT2D eigenvalue weighted by Gasteiger charge is 2.05. The van der Waals surface area contributed by atoms with E-state index in [2.05, 4.69) is 0 Å². The van der Waals surface area contributed by atoms with Crippen molar-refractivity contribution in [2.75, 3.05) is 0 Å². The fraction of sp³-hybridized carbons (Fsp3) is 0.0833. The zero-order chi connectivity index (χ0) is 10.7. The first kappa shape index (κ1) is 9.50. The molecule has 2 aromatic rings. The summed E-state index contributed by atoms with van der Waals surface area (Å²) in [7, 11) is 0. The topological polar surface area (TPSA) is 57.2 Å². The van der Waals surface area contributed by atoms with Gasteiger partial charge in [0.2, 0.25) is 0 Å². The van der Waals surface area contributed by atoms with Gasteiger partial charge in [0.25, 0.3) is 0 Å². The molecule has 74 valence electrons. The van der Waals surface area contributed by atoms with E-state index in [9.17, 15) is 5.11 Å². The molecule has 15 heavy (non-hydrogen) atoms. The fourth-order valence-corrected chi connectivity index (χ4v) is 1.36. The van der Waals surface area contributed by atoms with Crippen molar-refractivity contribution in [2.45, 2.75) is 6.10 Å². The predicted molar refractivity (Wildman–Crippen MR) is 54.7 cm³/mol. The second-order valence-electron chi connectivity index (χ2n) is 3.17. The zero-order valence-corrected chi connectivity index (χ0v) is 7.92. The summed E-state index contributed by atoms with van der Waals surface area (Å²) < 4.78 is 4.97. The number of hydrogen-bond donors (Lipinski definition) is 1. The number of aliphatic hydroxyl groups is 1. The maximum atomic E-state index is 9.27. The molecule has 0 bridgehead atoms. The monoisotopic (exact) mass is 199 g/mol. The first-order valence-electron chi connectivity index (χ1n) is 4.51. The summed E-state index contributed by atoms with van der Waals surface area (Å²) in [5.41, 5.74) is 2.58. The van der Waals surface area contributed by atoms with Gasteiger partial charge in [-0.15, -0.1) is 0 Å². The number of hydrogen-bond acceptors (Lipinski definition) is 3. The van der Waals surface area contributed by atoms with Gasteiger partial charge in [0.1, 0.15) is 0 Å². The highest BCUT2D eigenvalue weighted by atomic mass is 16.3. The van der Waals surface area contributed by atoms with Crippen LogP contribution in [0, 0.1) is 11.3 Å². The molecule has 1 heterocycles. The summed E-state index contributed by atoms with van der Waals surface area (Å²) in [6.07, 6.45) is 2.20. The second-order valence-corrected chi connectivity index (χ2v) is 3.17. The smallest absolute Gasteiger partial charge is 0.165 e. The number of nitriles is 1. The Morgan fingerprint density at radius 3 is 2.40 bits per heavy atom. The molecule has 0 radical (unpaired) electrons. The molecule has 1 aromatic heterocycles. The van der Waals surface area contributed by atoms with Crippen molar-refractivity contribution in [3.63, 3.8) is 0 Å². The van der Waals surface area contributed by atoms with E-state index in [-0.39, 0.29) is 0 Å². The van der Waals surface area contributed by atoms with Gasteiger partial charge in [-0.05, 0) is 17.2 Å². The quantitative estimate of drug-likeness (QED) is 0.756. The van der Waals surface area contributed by atoms with E-state index in [1.807, 2.05) is 18.2 Å². The average molecular weight is 199 g/mol. The van der Waals surface area contributed by atoms with Crippen molar-refractivity contribution >= 4 is 0 Å². The number of nitrogens with zero attached hydrogens (tertiary/aromatic N) is 1. The lowest BCUT2D eigenvalue weighted by atomic mass is 10.0. The van der Waals surface area contributed by atoms with Crippen LogP contribution in [0.3, 0.4) is 0 Å². The van der Waals surface area contributed by atoms with Gasteiger partial charge in [0.15, 0.2) is 6.10 Å². The van der Waals surface area contributed by atoms with Crippen molar-refractivity contribution in [3.05, 3.63) is 48.4 Å². The largest absolute Gasteiger partial charge is 0.472 e. The van der Waals surface area contributed by atoms with Crippen molar-refractivity contribution in [2.24, 2.45) is 0 Å². The zero-order valence-electron chi connectivity index (χ0n) is 7.92. The van der Waals surface area contributed by atoms with Crippen molar-refractivity contribution in [1.82, 2.24) is 0 Å². The Kier molecular flexibility index (Phi) is 2.53. The third-order valence-corrected chi connectivity index (χ3v) is 2.20. The fourth-order valence-electron chi connectivity index (χ4n) is 1.36. The molecule has 0 aliphatic carbocycles. The highest BCUT2D eigenvalue weighted by Crippen LogP contribution is 2.21. The molecule has 0 aliphatic heterocycles. The molecule has 3 nitrogen and oxygen atoms in total. The molecule has 0 aliphatic rings. The number of furan rings is 1. The summed E-state index contributed by atoms with van der Waals surface area (Å²) in [5.74, 6) is 0. The minimum absolute atomic E-state index is 0.602. The minimum Gasteiger partial charge on any atom is -0.472 e. The van der Waals surface area contributed by atoms with Gasteiger partial charge in [-0.1, -0.05) is 24.3 Å². The van der Waals surface area contributed by atoms with Crippen LogP contribution in [0.2, 0.25) is 0 Å². The molecule has 0 spiro atoms. The summed E-state index contributed by atoms with van der Waals surface area (Å²) in [6.45, 7) is 0. The molecule has 1 atom stereocenters. The van der Waals surface area contributed by atoms with Gasteiger partial charge in [-0.25, -0.2) is 0 Å². The lowest BCUT2D eigenvalue weighted by Gasteiger charge is -2.02. The van der Waals surface area contributed by atoms with Crippen LogP contribution in [0.5, 0.6) is 0 Å². The van der Waals surface area contributed by atoms with E-state index < -0.39 is 6.10 Å². The summed E-state index contributed by atoms with van der Waals surface area (Å²) in [5, 5.41) is 17.8. The Hall–Kier alpha value is -2.05. The van der Waals surface area contributed by atoms with Crippen LogP contribution in [0.1, 0.15) is 11.7 Å². The summed E-state index contributed by atoms with van der Waals surface area (Å²) in [6, 6.07) is 10.8. The van der Waals surface area contributed by atoms with Gasteiger partial charge in [0.05, 0.1) is 18.6 Å². The van der Waals surface area contributed by atoms with Gasteiger partial charge >= 0.3 is 0 Å². The van der Waals surface area contributed by atoms with Crippen LogP contribution in [0.25, 0.3) is 11.1 Å². The molecule has 0 fully saturated rings. The Morgan fingerprint density at radius 2 is 1.87 bits per heavy atom. The van der Waals surface area contributed by atoms with Crippen LogP contribution in [-0.4, -0.2) is 5.11 Å². The Morgan fingerprint density at radius 1 is 1.13 bits per heavy atom. The van der Waals surface area contributed by atoms with E-state index in [0.717, 1.165) is 11.1 Å². The Balaban J connectivity index is 2.30. The normalized spacial score (nSPS) is 12.0. The molecule has 3 heteroatoms. The average Bonchev–Trinajstić information content (AvgIpc) is 2.82. The molecule has 1 N–H and O–H groups in total. The van der Waals surface area contributed by atoms with Gasteiger partial charge in [-0.2, -0.15) is 5.26 Å². The van der Waals surface area contributed by atoms with E-state index in [0.29, 0.717) is 5.56 Å². The molecule has 0 amide bonds. The molecule has 1 aromatic carbocycles. The SMILES string of the molecule is N#CC(O)c1ccc(-c2ccoc2)cc1. The van der Waals surface area contributed by atoms with Crippen molar-refractivity contribution < 1.29 is 9.52 Å². The van der Waals surface area contributed by atoms with Crippen LogP contribution in [0.4, 0.5) is 0 Å². The third kappa shape index (κ3) is 1.90. The summed E-state index contributed by atoms with van der Waals surface area (Å²) >= 11 is 0. The number of aliphatic hydroxyl groups excluding tert-OH is 1. The van der Waals surface area contributed by atoms with Crippen LogP contribution < -0.4 is 0 Å². The van der Waals surface area contributed by atoms with Crippen molar-refractivity contribution in [3.8, 4) is 17.2 Å². The molecular weight excluding hydrogens is 190 g/mol. The van der Waals surface area contributed by atoms with Gasteiger partial charge in [-0.3, -0.25) is 0 Å². The standard InChI is InChI=1S/C12H9NO2/c13-7-12(14)10-3-1-9(2-4-10)11-5-6-15-8-11/h1-6,8,12,14H. The van der Waals surface area contributed by atoms with Gasteiger partial charge in [0, 0.05) is 5.56 Å². The second kappa shape index (κ2) is 3.99. The van der Waals surface area contributed by atoms with Gasteiger partial charge < -0.3 is 9.52 Å². The first-order chi connectivity index (χ1) is 7.31. The van der Waals surface area contributed by atoms with E-state index >= 15 is 0 Å². The summed E-state index contributed by atoms with van der Waals surface area (Å²) in [4.78, 5) is 0. The third-order valence-electron chi connectivity index (χ3n) is 2.20. The maximum absolute atomic E-state index is 9.27. The molecule has 1 unspecified atom stereocenters. The minimum atomic E-state index is -1.05. The Labute approximate surface area is 87.2 Å². The Bertz CT molecular complexity index is 465. The molecule has 2 rings (SSSR count). The molecule has 0 saturated carbocycles. The van der Waals surface area contributed by atoms with E-state index in [4.69, 9.17) is 9.68 Å². The molecule has 0 saturated heterocycles. The van der Waals surface area contributed by atoms with E-state index in [1.165, 1.54) is 0 Å². The van der Waals surface area contributed by atoms with Crippen LogP contribution in [0.15, 0.2) is 47.3 Å². The predicted octanol–water partition coefficient (Wildman–Crippen LogP) is 2.50. The lowest BCUT2D eigenvalue weighted by molar-refractivity contribution is 0.236. The van der Waals surface area contributed by atoms with Crippen molar-refractivity contribution in [1.29, 1.82) is 5.26 Å². The number of benzene rings is 1. The number of rotatable bonds is 2.